The second-order valence-corrected chi connectivity index (χ2v) is 8.51. The SMILES string of the molecule is CC(C)(C)c1cc(-c2cn3ccccc3n2)cc(C(C)(C)C)c1O. The first-order chi connectivity index (χ1) is 11.1. The molecule has 1 N–H and O–H groups in total. The van der Waals surface area contributed by atoms with Crippen LogP contribution in [-0.2, 0) is 10.8 Å². The van der Waals surface area contributed by atoms with Crippen molar-refractivity contribution in [3.8, 4) is 17.0 Å². The molecular formula is C21H26N2O. The molecule has 0 radical (unpaired) electrons. The highest BCUT2D eigenvalue weighted by Gasteiger charge is 2.27. The van der Waals surface area contributed by atoms with Crippen LogP contribution in [-0.4, -0.2) is 14.5 Å². The minimum Gasteiger partial charge on any atom is -0.507 e. The number of hydrogen-bond donors (Lipinski definition) is 1. The molecule has 0 aliphatic rings. The highest BCUT2D eigenvalue weighted by molar-refractivity contribution is 5.68. The average molecular weight is 322 g/mol. The fourth-order valence-electron chi connectivity index (χ4n) is 3.00. The van der Waals surface area contributed by atoms with Gasteiger partial charge in [-0.1, -0.05) is 47.6 Å². The van der Waals surface area contributed by atoms with Gasteiger partial charge in [-0.15, -0.1) is 0 Å². The highest BCUT2D eigenvalue weighted by Crippen LogP contribution is 2.41. The Balaban J connectivity index is 2.28. The smallest absolute Gasteiger partial charge is 0.137 e. The summed E-state index contributed by atoms with van der Waals surface area (Å²) in [5.74, 6) is 0.405. The maximum absolute atomic E-state index is 10.8. The van der Waals surface area contributed by atoms with Crippen molar-refractivity contribution in [2.45, 2.75) is 52.4 Å². The van der Waals surface area contributed by atoms with Crippen LogP contribution in [0.3, 0.4) is 0 Å². The topological polar surface area (TPSA) is 37.5 Å². The van der Waals surface area contributed by atoms with E-state index < -0.39 is 0 Å². The van der Waals surface area contributed by atoms with Crippen LogP contribution in [0, 0.1) is 0 Å². The van der Waals surface area contributed by atoms with E-state index in [0.717, 1.165) is 28.0 Å². The van der Waals surface area contributed by atoms with Crippen molar-refractivity contribution in [2.75, 3.05) is 0 Å². The molecular weight excluding hydrogens is 296 g/mol. The van der Waals surface area contributed by atoms with E-state index in [1.165, 1.54) is 0 Å². The number of phenols is 1. The molecule has 0 amide bonds. The van der Waals surface area contributed by atoms with Crippen molar-refractivity contribution >= 4 is 5.65 Å². The summed E-state index contributed by atoms with van der Waals surface area (Å²) >= 11 is 0. The molecule has 0 saturated heterocycles. The van der Waals surface area contributed by atoms with Gasteiger partial charge in [0, 0.05) is 29.1 Å². The Bertz CT molecular complexity index is 824. The van der Waals surface area contributed by atoms with Gasteiger partial charge in [-0.05, 0) is 35.1 Å². The third-order valence-electron chi connectivity index (χ3n) is 4.39. The third kappa shape index (κ3) is 2.91. The number of aromatic nitrogens is 2. The number of hydrogen-bond acceptors (Lipinski definition) is 2. The maximum atomic E-state index is 10.8. The largest absolute Gasteiger partial charge is 0.507 e. The van der Waals surface area contributed by atoms with Gasteiger partial charge in [0.2, 0.25) is 0 Å². The summed E-state index contributed by atoms with van der Waals surface area (Å²) < 4.78 is 2.02. The summed E-state index contributed by atoms with van der Waals surface area (Å²) in [6.45, 7) is 12.8. The number of phenolic OH excluding ortho intramolecular Hbond substituents is 1. The van der Waals surface area contributed by atoms with Crippen molar-refractivity contribution in [3.63, 3.8) is 0 Å². The molecule has 2 heterocycles. The monoisotopic (exact) mass is 322 g/mol. The van der Waals surface area contributed by atoms with Crippen molar-refractivity contribution in [1.82, 2.24) is 9.38 Å². The number of aromatic hydroxyl groups is 1. The van der Waals surface area contributed by atoms with Gasteiger partial charge in [0.05, 0.1) is 5.69 Å². The molecule has 0 saturated carbocycles. The quantitative estimate of drug-likeness (QED) is 0.660. The van der Waals surface area contributed by atoms with E-state index in [1.807, 2.05) is 35.0 Å². The van der Waals surface area contributed by atoms with Gasteiger partial charge in [0.15, 0.2) is 0 Å². The van der Waals surface area contributed by atoms with Crippen LogP contribution in [0.15, 0.2) is 42.7 Å². The van der Waals surface area contributed by atoms with Gasteiger partial charge in [0.25, 0.3) is 0 Å². The standard InChI is InChI=1S/C21H26N2O/c1-20(2,3)15-11-14(12-16(19(15)24)21(4,5)6)17-13-23-10-8-7-9-18(23)22-17/h7-13,24H,1-6H3. The first-order valence-corrected chi connectivity index (χ1v) is 8.39. The number of imidazole rings is 1. The Labute approximate surface area is 144 Å². The summed E-state index contributed by atoms with van der Waals surface area (Å²) in [4.78, 5) is 4.74. The molecule has 0 unspecified atom stereocenters. The molecule has 0 atom stereocenters. The van der Waals surface area contributed by atoms with E-state index in [0.29, 0.717) is 5.75 Å². The molecule has 0 aliphatic carbocycles. The van der Waals surface area contributed by atoms with Gasteiger partial charge in [-0.3, -0.25) is 0 Å². The Kier molecular flexibility index (Phi) is 3.71. The van der Waals surface area contributed by atoms with Crippen molar-refractivity contribution in [3.05, 3.63) is 53.9 Å². The predicted molar refractivity (Wildman–Crippen MR) is 99.7 cm³/mol. The van der Waals surface area contributed by atoms with Crippen LogP contribution >= 0.6 is 0 Å². The fourth-order valence-corrected chi connectivity index (χ4v) is 3.00. The summed E-state index contributed by atoms with van der Waals surface area (Å²) in [5, 5.41) is 10.8. The lowest BCUT2D eigenvalue weighted by molar-refractivity contribution is 0.423. The van der Waals surface area contributed by atoms with Crippen LogP contribution in [0.2, 0.25) is 0 Å². The van der Waals surface area contributed by atoms with E-state index in [-0.39, 0.29) is 10.8 Å². The molecule has 3 rings (SSSR count). The second kappa shape index (κ2) is 5.37. The van der Waals surface area contributed by atoms with Crippen molar-refractivity contribution < 1.29 is 5.11 Å². The van der Waals surface area contributed by atoms with E-state index in [4.69, 9.17) is 4.98 Å². The summed E-state index contributed by atoms with van der Waals surface area (Å²) in [6.07, 6.45) is 4.04. The van der Waals surface area contributed by atoms with E-state index >= 15 is 0 Å². The molecule has 0 aliphatic heterocycles. The van der Waals surface area contributed by atoms with Crippen LogP contribution < -0.4 is 0 Å². The zero-order valence-electron chi connectivity index (χ0n) is 15.4. The van der Waals surface area contributed by atoms with Crippen molar-refractivity contribution in [1.29, 1.82) is 0 Å². The lowest BCUT2D eigenvalue weighted by Gasteiger charge is -2.28. The summed E-state index contributed by atoms with van der Waals surface area (Å²) in [6, 6.07) is 10.1. The fraction of sp³-hybridized carbons (Fsp3) is 0.381. The Morgan fingerprint density at radius 1 is 0.917 bits per heavy atom. The molecule has 3 aromatic rings. The zero-order chi connectivity index (χ0) is 17.7. The predicted octanol–water partition coefficient (Wildman–Crippen LogP) is 5.30. The molecule has 3 heteroatoms. The number of fused-ring (bicyclic) bond motifs is 1. The lowest BCUT2D eigenvalue weighted by Crippen LogP contribution is -2.17. The Morgan fingerprint density at radius 3 is 2.00 bits per heavy atom. The zero-order valence-corrected chi connectivity index (χ0v) is 15.4. The van der Waals surface area contributed by atoms with Gasteiger partial charge >= 0.3 is 0 Å². The van der Waals surface area contributed by atoms with Crippen LogP contribution in [0.5, 0.6) is 5.75 Å². The van der Waals surface area contributed by atoms with Gasteiger partial charge in [-0.2, -0.15) is 0 Å². The van der Waals surface area contributed by atoms with Gasteiger partial charge < -0.3 is 9.51 Å². The third-order valence-corrected chi connectivity index (χ3v) is 4.39. The molecule has 0 bridgehead atoms. The first-order valence-electron chi connectivity index (χ1n) is 8.39. The van der Waals surface area contributed by atoms with Gasteiger partial charge in [0.1, 0.15) is 11.4 Å². The molecule has 0 fully saturated rings. The van der Waals surface area contributed by atoms with Gasteiger partial charge in [-0.25, -0.2) is 4.98 Å². The maximum Gasteiger partial charge on any atom is 0.137 e. The first kappa shape index (κ1) is 16.6. The number of rotatable bonds is 1. The van der Waals surface area contributed by atoms with Crippen LogP contribution in [0.4, 0.5) is 0 Å². The number of benzene rings is 1. The molecule has 126 valence electrons. The number of nitrogens with zero attached hydrogens (tertiary/aromatic N) is 2. The second-order valence-electron chi connectivity index (χ2n) is 8.51. The average Bonchev–Trinajstić information content (AvgIpc) is 2.88. The van der Waals surface area contributed by atoms with E-state index in [9.17, 15) is 5.11 Å². The molecule has 2 aromatic heterocycles. The van der Waals surface area contributed by atoms with E-state index in [2.05, 4.69) is 53.7 Å². The Morgan fingerprint density at radius 2 is 1.50 bits per heavy atom. The lowest BCUT2D eigenvalue weighted by atomic mass is 9.78. The minimum atomic E-state index is -0.140. The summed E-state index contributed by atoms with van der Waals surface area (Å²) in [7, 11) is 0. The van der Waals surface area contributed by atoms with Crippen molar-refractivity contribution in [2.24, 2.45) is 0 Å². The molecule has 24 heavy (non-hydrogen) atoms. The Hall–Kier alpha value is -2.29. The van der Waals surface area contributed by atoms with Crippen LogP contribution in [0.25, 0.3) is 16.9 Å². The van der Waals surface area contributed by atoms with Crippen LogP contribution in [0.1, 0.15) is 52.7 Å². The van der Waals surface area contributed by atoms with E-state index in [1.54, 1.807) is 0 Å². The minimum absolute atomic E-state index is 0.140. The molecule has 1 aromatic carbocycles. The molecule has 0 spiro atoms. The highest BCUT2D eigenvalue weighted by atomic mass is 16.3. The summed E-state index contributed by atoms with van der Waals surface area (Å²) in [5.41, 5.74) is 4.54. The normalized spacial score (nSPS) is 12.8. The number of pyridine rings is 1. The molecule has 3 nitrogen and oxygen atoms in total.